The minimum atomic E-state index is -4.80. The number of hydrogen-bond acceptors (Lipinski definition) is 6. The van der Waals surface area contributed by atoms with Crippen LogP contribution >= 0.6 is 23.1 Å². The van der Waals surface area contributed by atoms with E-state index in [0.29, 0.717) is 22.5 Å². The molecule has 0 aliphatic rings. The van der Waals surface area contributed by atoms with Crippen molar-refractivity contribution in [2.75, 3.05) is 6.26 Å². The summed E-state index contributed by atoms with van der Waals surface area (Å²) in [5.74, 6) is -1.45. The first kappa shape index (κ1) is 15.9. The molecular formula is C13H7F4N3OS2. The van der Waals surface area contributed by atoms with Crippen molar-refractivity contribution >= 4 is 33.4 Å². The molecule has 2 heterocycles. The molecule has 0 aliphatic carbocycles. The van der Waals surface area contributed by atoms with Gasteiger partial charge < -0.3 is 4.74 Å². The van der Waals surface area contributed by atoms with Gasteiger partial charge in [0.25, 0.3) is 0 Å². The van der Waals surface area contributed by atoms with E-state index in [2.05, 4.69) is 15.0 Å². The van der Waals surface area contributed by atoms with Crippen LogP contribution in [0.15, 0.2) is 28.9 Å². The molecule has 23 heavy (non-hydrogen) atoms. The Morgan fingerprint density at radius 2 is 2.00 bits per heavy atom. The Morgan fingerprint density at radius 3 is 2.70 bits per heavy atom. The first-order valence-corrected chi connectivity index (χ1v) is 8.12. The van der Waals surface area contributed by atoms with E-state index in [1.165, 1.54) is 29.4 Å². The Balaban J connectivity index is 2.01. The van der Waals surface area contributed by atoms with Gasteiger partial charge in [-0.2, -0.15) is 13.2 Å². The fourth-order valence-corrected chi connectivity index (χ4v) is 3.21. The Labute approximate surface area is 135 Å². The molecule has 120 valence electrons. The van der Waals surface area contributed by atoms with Crippen molar-refractivity contribution in [2.24, 2.45) is 0 Å². The predicted molar refractivity (Wildman–Crippen MR) is 78.5 cm³/mol. The summed E-state index contributed by atoms with van der Waals surface area (Å²) >= 11 is 2.66. The lowest BCUT2D eigenvalue weighted by molar-refractivity contribution is -0.140. The third kappa shape index (κ3) is 3.22. The van der Waals surface area contributed by atoms with Crippen molar-refractivity contribution in [3.05, 3.63) is 35.9 Å². The molecular weight excluding hydrogens is 354 g/mol. The monoisotopic (exact) mass is 361 g/mol. The zero-order chi connectivity index (χ0) is 16.6. The third-order valence-corrected chi connectivity index (χ3v) is 4.79. The molecule has 0 saturated carbocycles. The van der Waals surface area contributed by atoms with E-state index in [-0.39, 0.29) is 11.6 Å². The molecule has 0 saturated heterocycles. The van der Waals surface area contributed by atoms with Gasteiger partial charge in [0.2, 0.25) is 5.88 Å². The molecule has 2 aromatic heterocycles. The van der Waals surface area contributed by atoms with Gasteiger partial charge in [-0.05, 0) is 24.5 Å². The van der Waals surface area contributed by atoms with Gasteiger partial charge in [-0.25, -0.2) is 19.3 Å². The largest absolute Gasteiger partial charge is 0.437 e. The molecule has 3 aromatic rings. The second-order valence-electron chi connectivity index (χ2n) is 4.26. The van der Waals surface area contributed by atoms with E-state index < -0.39 is 17.6 Å². The number of thiazole rings is 1. The van der Waals surface area contributed by atoms with Gasteiger partial charge in [-0.3, -0.25) is 0 Å². The van der Waals surface area contributed by atoms with Crippen LogP contribution in [0.4, 0.5) is 17.6 Å². The quantitative estimate of drug-likeness (QED) is 0.497. The highest BCUT2D eigenvalue weighted by Gasteiger charge is 2.34. The second-order valence-corrected chi connectivity index (χ2v) is 6.31. The minimum Gasteiger partial charge on any atom is -0.437 e. The van der Waals surface area contributed by atoms with Gasteiger partial charge in [0.15, 0.2) is 9.99 Å². The van der Waals surface area contributed by atoms with Crippen LogP contribution in [0.2, 0.25) is 0 Å². The first-order valence-electron chi connectivity index (χ1n) is 6.08. The topological polar surface area (TPSA) is 47.9 Å². The van der Waals surface area contributed by atoms with Crippen molar-refractivity contribution in [1.29, 1.82) is 0 Å². The van der Waals surface area contributed by atoms with Gasteiger partial charge in [-0.1, -0.05) is 11.8 Å². The van der Waals surface area contributed by atoms with Crippen LogP contribution in [0, 0.1) is 5.82 Å². The lowest BCUT2D eigenvalue weighted by Gasteiger charge is -2.10. The number of benzene rings is 1. The summed E-state index contributed by atoms with van der Waals surface area (Å²) in [5, 5.41) is 0. The number of fused-ring (bicyclic) bond motifs is 1. The molecule has 0 spiro atoms. The van der Waals surface area contributed by atoms with Crippen LogP contribution in [0.3, 0.4) is 0 Å². The van der Waals surface area contributed by atoms with E-state index in [4.69, 9.17) is 4.74 Å². The molecule has 0 N–H and O–H groups in total. The van der Waals surface area contributed by atoms with Crippen molar-refractivity contribution in [3.63, 3.8) is 0 Å². The molecule has 0 unspecified atom stereocenters. The summed E-state index contributed by atoms with van der Waals surface area (Å²) in [4.78, 5) is 12.1. The van der Waals surface area contributed by atoms with Crippen LogP contribution in [0.5, 0.6) is 11.6 Å². The fourth-order valence-electron chi connectivity index (χ4n) is 1.77. The normalized spacial score (nSPS) is 11.9. The molecule has 0 amide bonds. The summed E-state index contributed by atoms with van der Waals surface area (Å²) in [5.41, 5.74) is -1.00. The van der Waals surface area contributed by atoms with Crippen LogP contribution in [0.1, 0.15) is 5.56 Å². The van der Waals surface area contributed by atoms with Crippen molar-refractivity contribution in [1.82, 2.24) is 15.0 Å². The van der Waals surface area contributed by atoms with Crippen molar-refractivity contribution < 1.29 is 22.3 Å². The van der Waals surface area contributed by atoms with E-state index in [1.54, 1.807) is 0 Å². The first-order chi connectivity index (χ1) is 10.9. The molecule has 0 radical (unpaired) electrons. The van der Waals surface area contributed by atoms with Gasteiger partial charge in [0.1, 0.15) is 22.6 Å². The molecule has 1 aromatic carbocycles. The molecule has 10 heteroatoms. The number of nitrogens with zero attached hydrogens (tertiary/aromatic N) is 3. The standard InChI is InChI=1S/C13H7F4N3OS2/c1-22-12-20-10-9(23-12)11(19-5-18-10)21-6-2-3-8(14)7(4-6)13(15,16)17/h2-5H,1H3. The Kier molecular flexibility index (Phi) is 4.11. The maximum atomic E-state index is 13.3. The highest BCUT2D eigenvalue weighted by atomic mass is 32.2. The number of alkyl halides is 3. The zero-order valence-corrected chi connectivity index (χ0v) is 13.0. The summed E-state index contributed by atoms with van der Waals surface area (Å²) in [7, 11) is 0. The lowest BCUT2D eigenvalue weighted by atomic mass is 10.2. The predicted octanol–water partition coefficient (Wildman–Crippen LogP) is 4.76. The van der Waals surface area contributed by atoms with E-state index >= 15 is 0 Å². The van der Waals surface area contributed by atoms with Crippen LogP contribution in [0.25, 0.3) is 10.3 Å². The summed E-state index contributed by atoms with van der Waals surface area (Å²) in [6, 6.07) is 2.41. The number of rotatable bonds is 3. The molecule has 0 bridgehead atoms. The van der Waals surface area contributed by atoms with Gasteiger partial charge in [0, 0.05) is 0 Å². The number of thioether (sulfide) groups is 1. The van der Waals surface area contributed by atoms with Gasteiger partial charge >= 0.3 is 6.18 Å². The zero-order valence-electron chi connectivity index (χ0n) is 11.4. The van der Waals surface area contributed by atoms with Crippen LogP contribution in [-0.4, -0.2) is 21.2 Å². The van der Waals surface area contributed by atoms with E-state index in [9.17, 15) is 17.6 Å². The van der Waals surface area contributed by atoms with E-state index in [0.717, 1.165) is 10.4 Å². The Hall–Kier alpha value is -1.94. The Morgan fingerprint density at radius 1 is 1.22 bits per heavy atom. The average molecular weight is 361 g/mol. The maximum Gasteiger partial charge on any atom is 0.419 e. The molecule has 3 rings (SSSR count). The average Bonchev–Trinajstić information content (AvgIpc) is 2.92. The number of ether oxygens (including phenoxy) is 1. The number of aromatic nitrogens is 3. The molecule has 0 atom stereocenters. The van der Waals surface area contributed by atoms with Gasteiger partial charge in [0.05, 0.1) is 5.56 Å². The van der Waals surface area contributed by atoms with Gasteiger partial charge in [-0.15, -0.1) is 11.3 Å². The highest BCUT2D eigenvalue weighted by molar-refractivity contribution is 8.00. The second kappa shape index (κ2) is 5.93. The molecule has 0 aliphatic heterocycles. The molecule has 4 nitrogen and oxygen atoms in total. The Bertz CT molecular complexity index is 866. The van der Waals surface area contributed by atoms with Crippen molar-refractivity contribution in [2.45, 2.75) is 10.5 Å². The molecule has 0 fully saturated rings. The maximum absolute atomic E-state index is 13.3. The minimum absolute atomic E-state index is 0.0764. The number of hydrogen-bond donors (Lipinski definition) is 0. The fraction of sp³-hybridized carbons (Fsp3) is 0.154. The van der Waals surface area contributed by atoms with Crippen LogP contribution < -0.4 is 4.74 Å². The number of halogens is 4. The smallest absolute Gasteiger partial charge is 0.419 e. The highest BCUT2D eigenvalue weighted by Crippen LogP contribution is 2.37. The summed E-state index contributed by atoms with van der Waals surface area (Å²) in [6.07, 6.45) is -1.77. The lowest BCUT2D eigenvalue weighted by Crippen LogP contribution is -2.08. The SMILES string of the molecule is CSc1nc2ncnc(Oc3ccc(F)c(C(F)(F)F)c3)c2s1. The third-order valence-electron chi connectivity index (χ3n) is 2.77. The summed E-state index contributed by atoms with van der Waals surface area (Å²) < 4.78 is 58.1. The van der Waals surface area contributed by atoms with E-state index in [1.807, 2.05) is 6.26 Å². The van der Waals surface area contributed by atoms with Crippen molar-refractivity contribution in [3.8, 4) is 11.6 Å². The van der Waals surface area contributed by atoms with Crippen LogP contribution in [-0.2, 0) is 6.18 Å². The summed E-state index contributed by atoms with van der Waals surface area (Å²) in [6.45, 7) is 0.